The highest BCUT2D eigenvalue weighted by molar-refractivity contribution is 6.30. The summed E-state index contributed by atoms with van der Waals surface area (Å²) in [5.41, 5.74) is 8.52. The third-order valence-electron chi connectivity index (χ3n) is 4.98. The maximum absolute atomic E-state index is 6.68. The largest absolute Gasteiger partial charge is 0.307 e. The van der Waals surface area contributed by atoms with Crippen molar-refractivity contribution in [2.75, 3.05) is 0 Å². The average Bonchev–Trinajstić information content (AvgIpc) is 3.16. The molecule has 0 aliphatic carbocycles. The van der Waals surface area contributed by atoms with Gasteiger partial charge in [0, 0.05) is 31.0 Å². The van der Waals surface area contributed by atoms with E-state index in [1.54, 1.807) is 0 Å². The Labute approximate surface area is 170 Å². The van der Waals surface area contributed by atoms with Crippen LogP contribution in [0.4, 0.5) is 0 Å². The van der Waals surface area contributed by atoms with E-state index < -0.39 is 0 Å². The van der Waals surface area contributed by atoms with Crippen LogP contribution in [0, 0.1) is 27.7 Å². The standard InChI is InChI=1S/C22H24ClN5/c1-14-5-6-20(16(3)9-14)28-22(23)19(17(4)26-28)12-24-11-18-13-27-8-7-15(2)10-21(27)25-18/h5-10,13,24H,11-12H2,1-4H3. The maximum Gasteiger partial charge on any atom is 0.137 e. The first-order chi connectivity index (χ1) is 13.4. The zero-order chi connectivity index (χ0) is 19.8. The van der Waals surface area contributed by atoms with Gasteiger partial charge in [0.2, 0.25) is 0 Å². The molecule has 0 radical (unpaired) electrons. The summed E-state index contributed by atoms with van der Waals surface area (Å²) < 4.78 is 3.87. The predicted octanol–water partition coefficient (Wildman–Crippen LogP) is 4.70. The molecule has 0 saturated heterocycles. The van der Waals surface area contributed by atoms with E-state index >= 15 is 0 Å². The molecule has 4 rings (SSSR count). The Hall–Kier alpha value is -2.63. The van der Waals surface area contributed by atoms with Crippen molar-refractivity contribution in [3.8, 4) is 5.69 Å². The van der Waals surface area contributed by atoms with Crippen LogP contribution in [0.1, 0.15) is 33.6 Å². The van der Waals surface area contributed by atoms with Gasteiger partial charge in [-0.3, -0.25) is 0 Å². The Morgan fingerprint density at radius 3 is 2.57 bits per heavy atom. The summed E-state index contributed by atoms with van der Waals surface area (Å²) in [4.78, 5) is 4.67. The average molecular weight is 394 g/mol. The number of benzene rings is 1. The molecule has 0 bridgehead atoms. The van der Waals surface area contributed by atoms with E-state index in [9.17, 15) is 0 Å². The van der Waals surface area contributed by atoms with Crippen molar-refractivity contribution < 1.29 is 0 Å². The lowest BCUT2D eigenvalue weighted by molar-refractivity contribution is 0.680. The smallest absolute Gasteiger partial charge is 0.137 e. The Morgan fingerprint density at radius 2 is 1.79 bits per heavy atom. The molecule has 0 fully saturated rings. The first-order valence-corrected chi connectivity index (χ1v) is 9.77. The molecule has 0 aliphatic rings. The van der Waals surface area contributed by atoms with Crippen LogP contribution in [-0.4, -0.2) is 19.2 Å². The number of nitrogens with one attached hydrogen (secondary N) is 1. The second kappa shape index (κ2) is 7.41. The van der Waals surface area contributed by atoms with Crippen LogP contribution in [0.5, 0.6) is 0 Å². The van der Waals surface area contributed by atoms with E-state index in [4.69, 9.17) is 11.6 Å². The van der Waals surface area contributed by atoms with Gasteiger partial charge in [-0.05, 0) is 57.0 Å². The molecule has 0 atom stereocenters. The number of hydrogen-bond donors (Lipinski definition) is 1. The summed E-state index contributed by atoms with van der Waals surface area (Å²) in [6, 6.07) is 10.5. The van der Waals surface area contributed by atoms with Gasteiger partial charge in [-0.15, -0.1) is 0 Å². The van der Waals surface area contributed by atoms with Crippen molar-refractivity contribution in [2.24, 2.45) is 0 Å². The summed E-state index contributed by atoms with van der Waals surface area (Å²) >= 11 is 6.68. The lowest BCUT2D eigenvalue weighted by Crippen LogP contribution is -2.13. The molecule has 3 heterocycles. The van der Waals surface area contributed by atoms with Crippen LogP contribution >= 0.6 is 11.6 Å². The van der Waals surface area contributed by atoms with Crippen LogP contribution in [0.3, 0.4) is 0 Å². The lowest BCUT2D eigenvalue weighted by atomic mass is 10.1. The van der Waals surface area contributed by atoms with Gasteiger partial charge in [-0.1, -0.05) is 29.3 Å². The summed E-state index contributed by atoms with van der Waals surface area (Å²) in [7, 11) is 0. The Morgan fingerprint density at radius 1 is 1.00 bits per heavy atom. The van der Waals surface area contributed by atoms with Crippen molar-refractivity contribution in [3.05, 3.63) is 81.5 Å². The third-order valence-corrected chi connectivity index (χ3v) is 5.36. The minimum atomic E-state index is 0.641. The summed E-state index contributed by atoms with van der Waals surface area (Å²) in [6.07, 6.45) is 4.09. The van der Waals surface area contributed by atoms with Crippen LogP contribution in [0.2, 0.25) is 5.15 Å². The molecule has 4 aromatic rings. The molecule has 6 heteroatoms. The zero-order valence-electron chi connectivity index (χ0n) is 16.6. The minimum Gasteiger partial charge on any atom is -0.307 e. The molecular formula is C22H24ClN5. The predicted molar refractivity (Wildman–Crippen MR) is 113 cm³/mol. The molecule has 28 heavy (non-hydrogen) atoms. The fourth-order valence-corrected chi connectivity index (χ4v) is 3.80. The van der Waals surface area contributed by atoms with Gasteiger partial charge < -0.3 is 9.72 Å². The number of aryl methyl sites for hydroxylation is 4. The number of nitrogens with zero attached hydrogens (tertiary/aromatic N) is 4. The Balaban J connectivity index is 1.51. The van der Waals surface area contributed by atoms with E-state index in [0.29, 0.717) is 18.2 Å². The highest BCUT2D eigenvalue weighted by atomic mass is 35.5. The molecule has 5 nitrogen and oxygen atoms in total. The molecule has 0 unspecified atom stereocenters. The van der Waals surface area contributed by atoms with Crippen LogP contribution in [0.15, 0.2) is 42.7 Å². The maximum atomic E-state index is 6.68. The molecule has 0 amide bonds. The summed E-state index contributed by atoms with van der Waals surface area (Å²) in [5, 5.41) is 8.77. The molecular weight excluding hydrogens is 370 g/mol. The van der Waals surface area contributed by atoms with Gasteiger partial charge in [0.05, 0.1) is 17.1 Å². The van der Waals surface area contributed by atoms with Gasteiger partial charge >= 0.3 is 0 Å². The normalized spacial score (nSPS) is 11.5. The van der Waals surface area contributed by atoms with Crippen molar-refractivity contribution in [3.63, 3.8) is 0 Å². The quantitative estimate of drug-likeness (QED) is 0.534. The van der Waals surface area contributed by atoms with Gasteiger partial charge in [-0.2, -0.15) is 5.10 Å². The topological polar surface area (TPSA) is 47.2 Å². The summed E-state index contributed by atoms with van der Waals surface area (Å²) in [6.45, 7) is 9.55. The first-order valence-electron chi connectivity index (χ1n) is 9.39. The molecule has 0 aliphatic heterocycles. The van der Waals surface area contributed by atoms with Crippen LogP contribution < -0.4 is 5.32 Å². The van der Waals surface area contributed by atoms with E-state index in [2.05, 4.69) is 72.7 Å². The highest BCUT2D eigenvalue weighted by Gasteiger charge is 2.16. The second-order valence-corrected chi connectivity index (χ2v) is 7.72. The van der Waals surface area contributed by atoms with Gasteiger partial charge in [0.25, 0.3) is 0 Å². The number of pyridine rings is 1. The minimum absolute atomic E-state index is 0.641. The number of rotatable bonds is 5. The highest BCUT2D eigenvalue weighted by Crippen LogP contribution is 2.25. The molecule has 0 saturated carbocycles. The molecule has 144 valence electrons. The molecule has 1 N–H and O–H groups in total. The van der Waals surface area contributed by atoms with Gasteiger partial charge in [-0.25, -0.2) is 9.67 Å². The fourth-order valence-electron chi connectivity index (χ4n) is 3.47. The van der Waals surface area contributed by atoms with E-state index in [0.717, 1.165) is 33.8 Å². The third kappa shape index (κ3) is 3.55. The van der Waals surface area contributed by atoms with E-state index in [1.807, 2.05) is 22.2 Å². The molecule has 3 aromatic heterocycles. The van der Waals surface area contributed by atoms with Crippen molar-refractivity contribution in [2.45, 2.75) is 40.8 Å². The van der Waals surface area contributed by atoms with Gasteiger partial charge in [0.1, 0.15) is 10.8 Å². The zero-order valence-corrected chi connectivity index (χ0v) is 17.4. The second-order valence-electron chi connectivity index (χ2n) is 7.36. The molecule has 0 spiro atoms. The van der Waals surface area contributed by atoms with E-state index in [-0.39, 0.29) is 0 Å². The Bertz CT molecular complexity index is 1160. The molecule has 1 aromatic carbocycles. The summed E-state index contributed by atoms with van der Waals surface area (Å²) in [5.74, 6) is 0. The van der Waals surface area contributed by atoms with Crippen LogP contribution in [0.25, 0.3) is 11.3 Å². The lowest BCUT2D eigenvalue weighted by Gasteiger charge is -2.08. The first kappa shape index (κ1) is 18.7. The number of aromatic nitrogens is 4. The fraction of sp³-hybridized carbons (Fsp3) is 0.273. The van der Waals surface area contributed by atoms with Crippen molar-refractivity contribution >= 4 is 17.2 Å². The van der Waals surface area contributed by atoms with Gasteiger partial charge in [0.15, 0.2) is 0 Å². The number of imidazole rings is 1. The number of halogens is 1. The number of fused-ring (bicyclic) bond motifs is 1. The van der Waals surface area contributed by atoms with Crippen molar-refractivity contribution in [1.29, 1.82) is 0 Å². The monoisotopic (exact) mass is 393 g/mol. The SMILES string of the molecule is Cc1ccc(-n2nc(C)c(CNCc3cn4ccc(C)cc4n3)c2Cl)c(C)c1. The number of hydrogen-bond acceptors (Lipinski definition) is 3. The van der Waals surface area contributed by atoms with Crippen LogP contribution in [-0.2, 0) is 13.1 Å². The Kier molecular flexibility index (Phi) is 4.96. The van der Waals surface area contributed by atoms with E-state index in [1.165, 1.54) is 11.1 Å². The van der Waals surface area contributed by atoms with Crippen molar-refractivity contribution in [1.82, 2.24) is 24.5 Å².